The van der Waals surface area contributed by atoms with E-state index in [-0.39, 0.29) is 6.54 Å². The van der Waals surface area contributed by atoms with Crippen molar-refractivity contribution in [2.24, 2.45) is 0 Å². The monoisotopic (exact) mass is 233 g/mol. The summed E-state index contributed by atoms with van der Waals surface area (Å²) in [4.78, 5) is 12.9. The van der Waals surface area contributed by atoms with E-state index < -0.39 is 5.97 Å². The standard InChI is InChI=1S/C14H19NO2/c1-10-4-3-5-11(2)13(10)8-15(9-14(16)17)12-6-7-12/h3-5,12H,6-9H2,1-2H3,(H,16,17). The molecule has 0 radical (unpaired) electrons. The minimum absolute atomic E-state index is 0.151. The number of rotatable bonds is 5. The Hall–Kier alpha value is -1.35. The molecule has 0 saturated heterocycles. The molecule has 0 aromatic heterocycles. The van der Waals surface area contributed by atoms with E-state index in [1.807, 2.05) is 6.07 Å². The molecule has 0 bridgehead atoms. The van der Waals surface area contributed by atoms with Crippen LogP contribution in [0, 0.1) is 13.8 Å². The summed E-state index contributed by atoms with van der Waals surface area (Å²) in [5.74, 6) is -0.733. The highest BCUT2D eigenvalue weighted by atomic mass is 16.4. The van der Waals surface area contributed by atoms with Gasteiger partial charge < -0.3 is 5.11 Å². The minimum Gasteiger partial charge on any atom is -0.480 e. The van der Waals surface area contributed by atoms with Crippen LogP contribution in [0.25, 0.3) is 0 Å². The third-order valence-electron chi connectivity index (χ3n) is 3.41. The van der Waals surface area contributed by atoms with Crippen LogP contribution in [0.4, 0.5) is 0 Å². The molecule has 0 amide bonds. The van der Waals surface area contributed by atoms with Gasteiger partial charge in [-0.15, -0.1) is 0 Å². The van der Waals surface area contributed by atoms with Gasteiger partial charge in [0.05, 0.1) is 6.54 Å². The predicted octanol–water partition coefficient (Wildman–Crippen LogP) is 2.35. The number of carbonyl (C=O) groups is 1. The normalized spacial score (nSPS) is 15.2. The summed E-state index contributed by atoms with van der Waals surface area (Å²) in [6.45, 7) is 5.09. The fourth-order valence-corrected chi connectivity index (χ4v) is 2.23. The summed E-state index contributed by atoms with van der Waals surface area (Å²) in [7, 11) is 0. The highest BCUT2D eigenvalue weighted by molar-refractivity contribution is 5.69. The van der Waals surface area contributed by atoms with Gasteiger partial charge in [0.15, 0.2) is 0 Å². The predicted molar refractivity (Wildman–Crippen MR) is 67.0 cm³/mol. The van der Waals surface area contributed by atoms with Crippen LogP contribution in [-0.4, -0.2) is 28.6 Å². The van der Waals surface area contributed by atoms with E-state index in [4.69, 9.17) is 5.11 Å². The zero-order chi connectivity index (χ0) is 12.4. The maximum absolute atomic E-state index is 10.9. The van der Waals surface area contributed by atoms with Crippen LogP contribution in [0.1, 0.15) is 29.5 Å². The van der Waals surface area contributed by atoms with Crippen molar-refractivity contribution in [1.29, 1.82) is 0 Å². The van der Waals surface area contributed by atoms with Gasteiger partial charge in [-0.3, -0.25) is 9.69 Å². The summed E-state index contributed by atoms with van der Waals surface area (Å²) in [5, 5.41) is 8.94. The summed E-state index contributed by atoms with van der Waals surface area (Å²) in [5.41, 5.74) is 3.78. The third kappa shape index (κ3) is 3.07. The van der Waals surface area contributed by atoms with Gasteiger partial charge in [-0.25, -0.2) is 0 Å². The average Bonchev–Trinajstić information content (AvgIpc) is 3.05. The number of hydrogen-bond acceptors (Lipinski definition) is 2. The second-order valence-corrected chi connectivity index (χ2v) is 4.90. The lowest BCUT2D eigenvalue weighted by Crippen LogP contribution is -2.31. The zero-order valence-electron chi connectivity index (χ0n) is 10.4. The molecule has 17 heavy (non-hydrogen) atoms. The smallest absolute Gasteiger partial charge is 0.317 e. The topological polar surface area (TPSA) is 40.5 Å². The van der Waals surface area contributed by atoms with Crippen LogP contribution in [0.15, 0.2) is 18.2 Å². The van der Waals surface area contributed by atoms with E-state index in [0.29, 0.717) is 6.04 Å². The first-order valence-electron chi connectivity index (χ1n) is 6.09. The molecule has 0 heterocycles. The lowest BCUT2D eigenvalue weighted by Gasteiger charge is -2.22. The Kier molecular flexibility index (Phi) is 3.48. The van der Waals surface area contributed by atoms with Crippen molar-refractivity contribution in [2.75, 3.05) is 6.54 Å². The second kappa shape index (κ2) is 4.88. The molecule has 1 aromatic carbocycles. The Bertz CT molecular complexity index is 404. The third-order valence-corrected chi connectivity index (χ3v) is 3.41. The van der Waals surface area contributed by atoms with Crippen molar-refractivity contribution in [2.45, 2.75) is 39.3 Å². The lowest BCUT2D eigenvalue weighted by molar-refractivity contribution is -0.138. The summed E-state index contributed by atoms with van der Waals surface area (Å²) in [6, 6.07) is 6.71. The summed E-state index contributed by atoms with van der Waals surface area (Å²) < 4.78 is 0. The fraction of sp³-hybridized carbons (Fsp3) is 0.500. The largest absolute Gasteiger partial charge is 0.480 e. The highest BCUT2D eigenvalue weighted by Gasteiger charge is 2.30. The molecule has 1 fully saturated rings. The van der Waals surface area contributed by atoms with Crippen molar-refractivity contribution in [1.82, 2.24) is 4.90 Å². The maximum atomic E-state index is 10.9. The van der Waals surface area contributed by atoms with Crippen molar-refractivity contribution < 1.29 is 9.90 Å². The van der Waals surface area contributed by atoms with Crippen LogP contribution < -0.4 is 0 Å². The number of aliphatic carboxylic acids is 1. The first-order valence-corrected chi connectivity index (χ1v) is 6.09. The number of hydrogen-bond donors (Lipinski definition) is 1. The molecule has 0 aliphatic heterocycles. The van der Waals surface area contributed by atoms with Gasteiger partial charge in [-0.1, -0.05) is 18.2 Å². The van der Waals surface area contributed by atoms with Gasteiger partial charge >= 0.3 is 5.97 Å². The number of carboxylic acids is 1. The Morgan fingerprint density at radius 3 is 2.41 bits per heavy atom. The van der Waals surface area contributed by atoms with E-state index in [1.54, 1.807) is 0 Å². The molecule has 1 aliphatic carbocycles. The molecule has 0 atom stereocenters. The minimum atomic E-state index is -0.733. The van der Waals surface area contributed by atoms with Crippen LogP contribution in [0.3, 0.4) is 0 Å². The number of benzene rings is 1. The van der Waals surface area contributed by atoms with E-state index in [9.17, 15) is 4.79 Å². The van der Waals surface area contributed by atoms with Gasteiger partial charge in [0, 0.05) is 12.6 Å². The Balaban J connectivity index is 2.14. The van der Waals surface area contributed by atoms with E-state index in [0.717, 1.165) is 19.4 Å². The molecule has 0 unspecified atom stereocenters. The van der Waals surface area contributed by atoms with Crippen LogP contribution in [-0.2, 0) is 11.3 Å². The summed E-state index contributed by atoms with van der Waals surface area (Å²) in [6.07, 6.45) is 2.27. The Morgan fingerprint density at radius 2 is 1.94 bits per heavy atom. The molecule has 0 spiro atoms. The average molecular weight is 233 g/mol. The van der Waals surface area contributed by atoms with Gasteiger partial charge in [0.25, 0.3) is 0 Å². The van der Waals surface area contributed by atoms with Crippen molar-refractivity contribution >= 4 is 5.97 Å². The van der Waals surface area contributed by atoms with Gasteiger partial charge in [-0.05, 0) is 43.4 Å². The molecule has 1 saturated carbocycles. The molecule has 1 N–H and O–H groups in total. The Labute approximate surface area is 102 Å². The number of carboxylic acid groups (broad SMARTS) is 1. The molecule has 92 valence electrons. The van der Waals surface area contributed by atoms with Gasteiger partial charge in [0.1, 0.15) is 0 Å². The molecular weight excluding hydrogens is 214 g/mol. The van der Waals surface area contributed by atoms with Crippen LogP contribution in [0.2, 0.25) is 0 Å². The fourth-order valence-electron chi connectivity index (χ4n) is 2.23. The first-order chi connectivity index (χ1) is 8.08. The molecular formula is C14H19NO2. The second-order valence-electron chi connectivity index (χ2n) is 4.90. The van der Waals surface area contributed by atoms with E-state index in [2.05, 4.69) is 30.9 Å². The number of aryl methyl sites for hydroxylation is 2. The SMILES string of the molecule is Cc1cccc(C)c1CN(CC(=O)O)C1CC1. The van der Waals surface area contributed by atoms with Crippen LogP contribution >= 0.6 is 0 Å². The summed E-state index contributed by atoms with van der Waals surface area (Å²) >= 11 is 0. The van der Waals surface area contributed by atoms with Crippen molar-refractivity contribution in [3.05, 3.63) is 34.9 Å². The van der Waals surface area contributed by atoms with Gasteiger partial charge in [-0.2, -0.15) is 0 Å². The van der Waals surface area contributed by atoms with Gasteiger partial charge in [0.2, 0.25) is 0 Å². The molecule has 2 rings (SSSR count). The van der Waals surface area contributed by atoms with E-state index in [1.165, 1.54) is 16.7 Å². The first kappa shape index (κ1) is 12.1. The lowest BCUT2D eigenvalue weighted by atomic mass is 10.0. The van der Waals surface area contributed by atoms with Crippen molar-refractivity contribution in [3.8, 4) is 0 Å². The van der Waals surface area contributed by atoms with Crippen LogP contribution in [0.5, 0.6) is 0 Å². The quantitative estimate of drug-likeness (QED) is 0.848. The maximum Gasteiger partial charge on any atom is 0.317 e. The number of nitrogens with zero attached hydrogens (tertiary/aromatic N) is 1. The van der Waals surface area contributed by atoms with E-state index >= 15 is 0 Å². The molecule has 1 aromatic rings. The molecule has 3 heteroatoms. The molecule has 3 nitrogen and oxygen atoms in total. The zero-order valence-corrected chi connectivity index (χ0v) is 10.4. The Morgan fingerprint density at radius 1 is 1.35 bits per heavy atom. The van der Waals surface area contributed by atoms with Crippen molar-refractivity contribution in [3.63, 3.8) is 0 Å². The molecule has 1 aliphatic rings. The highest BCUT2D eigenvalue weighted by Crippen LogP contribution is 2.29.